The maximum atomic E-state index is 13.4. The number of nitrogens with one attached hydrogen (secondary N) is 1. The number of nitrogens with zero attached hydrogens (tertiary/aromatic N) is 4. The number of aromatic amines is 1. The minimum Gasteiger partial charge on any atom is -0.340 e. The van der Waals surface area contributed by atoms with Crippen LogP contribution in [0.3, 0.4) is 0 Å². The lowest BCUT2D eigenvalue weighted by molar-refractivity contribution is 0.0722. The van der Waals surface area contributed by atoms with Gasteiger partial charge in [0.1, 0.15) is 5.82 Å². The molecule has 1 unspecified atom stereocenters. The molecule has 3 heterocycles. The van der Waals surface area contributed by atoms with Crippen LogP contribution in [-0.2, 0) is 19.9 Å². The van der Waals surface area contributed by atoms with Gasteiger partial charge in [-0.2, -0.15) is 5.10 Å². The second kappa shape index (κ2) is 6.22. The molecular formula is C21H25N5O. The number of carbonyl (C=O) groups excluding carboxylic acids is 1. The highest BCUT2D eigenvalue weighted by Gasteiger charge is 2.36. The van der Waals surface area contributed by atoms with Gasteiger partial charge in [0.25, 0.3) is 5.91 Å². The van der Waals surface area contributed by atoms with Gasteiger partial charge >= 0.3 is 0 Å². The molecule has 5 rings (SSSR count). The Morgan fingerprint density at radius 2 is 2.07 bits per heavy atom. The molecule has 1 aromatic carbocycles. The molecule has 0 saturated carbocycles. The van der Waals surface area contributed by atoms with Crippen LogP contribution in [0.2, 0.25) is 0 Å². The number of hydrogen-bond donors (Lipinski definition) is 1. The van der Waals surface area contributed by atoms with Crippen LogP contribution >= 0.6 is 0 Å². The molecule has 1 aliphatic carbocycles. The molecule has 1 amide bonds. The van der Waals surface area contributed by atoms with E-state index in [-0.39, 0.29) is 11.9 Å². The molecule has 1 aliphatic heterocycles. The fraction of sp³-hybridized carbons (Fsp3) is 0.476. The van der Waals surface area contributed by atoms with E-state index in [9.17, 15) is 4.79 Å². The van der Waals surface area contributed by atoms with Crippen LogP contribution < -0.4 is 0 Å². The van der Waals surface area contributed by atoms with Gasteiger partial charge in [-0.15, -0.1) is 0 Å². The minimum absolute atomic E-state index is 0.00597. The summed E-state index contributed by atoms with van der Waals surface area (Å²) in [6.45, 7) is 2.85. The third kappa shape index (κ3) is 2.66. The van der Waals surface area contributed by atoms with E-state index >= 15 is 0 Å². The molecule has 1 N–H and O–H groups in total. The molecule has 140 valence electrons. The van der Waals surface area contributed by atoms with Crippen molar-refractivity contribution in [2.24, 2.45) is 7.05 Å². The lowest BCUT2D eigenvalue weighted by Crippen LogP contribution is -2.32. The van der Waals surface area contributed by atoms with Gasteiger partial charge in [-0.05, 0) is 63.1 Å². The van der Waals surface area contributed by atoms with Crippen LogP contribution in [0.15, 0.2) is 18.2 Å². The van der Waals surface area contributed by atoms with Crippen LogP contribution in [0.5, 0.6) is 0 Å². The maximum Gasteiger partial charge on any atom is 0.275 e. The number of amides is 1. The Morgan fingerprint density at radius 3 is 2.96 bits per heavy atom. The highest BCUT2D eigenvalue weighted by atomic mass is 16.2. The highest BCUT2D eigenvalue weighted by molar-refractivity contribution is 5.94. The zero-order chi connectivity index (χ0) is 18.5. The minimum atomic E-state index is 0.00597. The molecule has 2 aliphatic rings. The largest absolute Gasteiger partial charge is 0.340 e. The number of aryl methyl sites for hydroxylation is 2. The van der Waals surface area contributed by atoms with Gasteiger partial charge in [-0.3, -0.25) is 9.48 Å². The average molecular weight is 363 g/mol. The van der Waals surface area contributed by atoms with Crippen LogP contribution in [0.4, 0.5) is 0 Å². The average Bonchev–Trinajstić information content (AvgIpc) is 3.38. The first-order valence-corrected chi connectivity index (χ1v) is 9.94. The van der Waals surface area contributed by atoms with Gasteiger partial charge < -0.3 is 9.88 Å². The molecule has 1 fully saturated rings. The molecule has 2 aromatic heterocycles. The third-order valence-corrected chi connectivity index (χ3v) is 6.05. The lowest BCUT2D eigenvalue weighted by atomic mass is 9.95. The van der Waals surface area contributed by atoms with Crippen LogP contribution in [0.25, 0.3) is 11.0 Å². The van der Waals surface area contributed by atoms with Crippen molar-refractivity contribution in [3.05, 3.63) is 46.5 Å². The van der Waals surface area contributed by atoms with E-state index in [1.165, 1.54) is 23.2 Å². The van der Waals surface area contributed by atoms with E-state index in [2.05, 4.69) is 29.1 Å². The number of H-pyrrole nitrogens is 1. The molecule has 1 atom stereocenters. The van der Waals surface area contributed by atoms with E-state index in [0.29, 0.717) is 5.69 Å². The number of hydrogen-bond acceptors (Lipinski definition) is 3. The summed E-state index contributed by atoms with van der Waals surface area (Å²) in [5.74, 6) is 0.958. The monoisotopic (exact) mass is 363 g/mol. The summed E-state index contributed by atoms with van der Waals surface area (Å²) in [4.78, 5) is 23.6. The van der Waals surface area contributed by atoms with Crippen molar-refractivity contribution < 1.29 is 4.79 Å². The zero-order valence-electron chi connectivity index (χ0n) is 16.0. The number of imidazole rings is 1. The van der Waals surface area contributed by atoms with Crippen molar-refractivity contribution in [1.82, 2.24) is 24.6 Å². The maximum absolute atomic E-state index is 13.4. The van der Waals surface area contributed by atoms with Gasteiger partial charge in [-0.25, -0.2) is 4.98 Å². The molecule has 6 nitrogen and oxygen atoms in total. The van der Waals surface area contributed by atoms with Crippen molar-refractivity contribution in [3.8, 4) is 0 Å². The molecule has 1 saturated heterocycles. The quantitative estimate of drug-likeness (QED) is 0.758. The number of benzene rings is 1. The van der Waals surface area contributed by atoms with Gasteiger partial charge in [-0.1, -0.05) is 6.07 Å². The number of aromatic nitrogens is 4. The Balaban J connectivity index is 1.49. The second-order valence-corrected chi connectivity index (χ2v) is 7.90. The zero-order valence-corrected chi connectivity index (χ0v) is 16.0. The van der Waals surface area contributed by atoms with E-state index in [1.807, 2.05) is 22.7 Å². The van der Waals surface area contributed by atoms with Crippen LogP contribution in [0, 0.1) is 6.92 Å². The normalized spacial score (nSPS) is 19.6. The van der Waals surface area contributed by atoms with Gasteiger partial charge in [0, 0.05) is 24.8 Å². The van der Waals surface area contributed by atoms with Crippen LogP contribution in [-0.4, -0.2) is 37.1 Å². The Labute approximate surface area is 158 Å². The van der Waals surface area contributed by atoms with E-state index in [0.717, 1.165) is 55.5 Å². The summed E-state index contributed by atoms with van der Waals surface area (Å²) in [7, 11) is 1.96. The Kier molecular flexibility index (Phi) is 3.81. The fourth-order valence-electron chi connectivity index (χ4n) is 4.68. The third-order valence-electron chi connectivity index (χ3n) is 6.05. The number of carbonyl (C=O) groups is 1. The summed E-state index contributed by atoms with van der Waals surface area (Å²) in [6, 6.07) is 6.24. The summed E-state index contributed by atoms with van der Waals surface area (Å²) in [6.07, 6.45) is 6.27. The molecule has 0 bridgehead atoms. The number of fused-ring (bicyclic) bond motifs is 2. The lowest BCUT2D eigenvalue weighted by Gasteiger charge is -2.23. The van der Waals surface area contributed by atoms with Crippen molar-refractivity contribution in [3.63, 3.8) is 0 Å². The fourth-order valence-corrected chi connectivity index (χ4v) is 4.68. The number of rotatable bonds is 2. The van der Waals surface area contributed by atoms with E-state index in [1.54, 1.807) is 0 Å². The standard InChI is InChI=1S/C21H25N5O/c1-13-9-10-15-16(12-13)23-20(22-15)18-8-5-11-26(18)21(27)19-14-6-3-4-7-17(14)25(2)24-19/h9-10,12,18H,3-8,11H2,1-2H3,(H,22,23). The summed E-state index contributed by atoms with van der Waals surface area (Å²) >= 11 is 0. The molecular weight excluding hydrogens is 338 g/mol. The smallest absolute Gasteiger partial charge is 0.275 e. The predicted molar refractivity (Wildman–Crippen MR) is 104 cm³/mol. The SMILES string of the molecule is Cc1ccc2nc(C3CCCN3C(=O)c3nn(C)c4c3CCCC4)[nH]c2c1. The Bertz CT molecular complexity index is 1030. The molecule has 6 heteroatoms. The van der Waals surface area contributed by atoms with Crippen molar-refractivity contribution in [1.29, 1.82) is 0 Å². The second-order valence-electron chi connectivity index (χ2n) is 7.90. The van der Waals surface area contributed by atoms with Crippen molar-refractivity contribution in [2.45, 2.75) is 51.5 Å². The first-order chi connectivity index (χ1) is 13.1. The topological polar surface area (TPSA) is 66.8 Å². The van der Waals surface area contributed by atoms with Gasteiger partial charge in [0.2, 0.25) is 0 Å². The molecule has 27 heavy (non-hydrogen) atoms. The van der Waals surface area contributed by atoms with Gasteiger partial charge in [0.05, 0.1) is 17.1 Å². The molecule has 0 radical (unpaired) electrons. The van der Waals surface area contributed by atoms with Crippen LogP contribution in [0.1, 0.15) is 64.9 Å². The van der Waals surface area contributed by atoms with Crippen molar-refractivity contribution in [2.75, 3.05) is 6.54 Å². The Hall–Kier alpha value is -2.63. The van der Waals surface area contributed by atoms with Crippen molar-refractivity contribution >= 4 is 16.9 Å². The first-order valence-electron chi connectivity index (χ1n) is 9.94. The predicted octanol–water partition coefficient (Wildman–Crippen LogP) is 3.46. The molecule has 0 spiro atoms. The van der Waals surface area contributed by atoms with E-state index in [4.69, 9.17) is 4.98 Å². The number of likely N-dealkylation sites (tertiary alicyclic amines) is 1. The Morgan fingerprint density at radius 1 is 1.22 bits per heavy atom. The first kappa shape index (κ1) is 16.5. The summed E-state index contributed by atoms with van der Waals surface area (Å²) in [5.41, 5.74) is 6.27. The van der Waals surface area contributed by atoms with E-state index < -0.39 is 0 Å². The summed E-state index contributed by atoms with van der Waals surface area (Å²) in [5, 5.41) is 4.61. The van der Waals surface area contributed by atoms with Gasteiger partial charge in [0.15, 0.2) is 5.69 Å². The highest BCUT2D eigenvalue weighted by Crippen LogP contribution is 2.34. The molecule has 3 aromatic rings. The summed E-state index contributed by atoms with van der Waals surface area (Å²) < 4.78 is 1.91.